The first-order valence-electron chi connectivity index (χ1n) is 8.56. The topological polar surface area (TPSA) is 44.8 Å². The van der Waals surface area contributed by atoms with Gasteiger partial charge in [0, 0.05) is 45.8 Å². The summed E-state index contributed by atoms with van der Waals surface area (Å²) in [7, 11) is 1.94. The average molecular weight is 317 g/mol. The van der Waals surface area contributed by atoms with E-state index in [1.807, 2.05) is 18.0 Å². The molecule has 0 aromatic heterocycles. The van der Waals surface area contributed by atoms with E-state index in [0.717, 1.165) is 39.1 Å². The van der Waals surface area contributed by atoms with Crippen LogP contribution in [0.4, 0.5) is 0 Å². The van der Waals surface area contributed by atoms with Gasteiger partial charge in [-0.25, -0.2) is 0 Å². The lowest BCUT2D eigenvalue weighted by Gasteiger charge is -2.29. The van der Waals surface area contributed by atoms with Crippen LogP contribution in [0.3, 0.4) is 0 Å². The number of nitrogens with zero attached hydrogens (tertiary/aromatic N) is 2. The Hall–Kier alpha value is -1.43. The van der Waals surface area contributed by atoms with Gasteiger partial charge in [0.15, 0.2) is 0 Å². The number of benzene rings is 1. The van der Waals surface area contributed by atoms with Gasteiger partial charge < -0.3 is 15.0 Å². The van der Waals surface area contributed by atoms with E-state index in [-0.39, 0.29) is 12.0 Å². The third-order valence-electron chi connectivity index (χ3n) is 4.84. The highest BCUT2D eigenvalue weighted by Crippen LogP contribution is 2.18. The third-order valence-corrected chi connectivity index (χ3v) is 4.84. The first kappa shape index (κ1) is 16.4. The van der Waals surface area contributed by atoms with Gasteiger partial charge in [0.1, 0.15) is 0 Å². The molecular weight excluding hydrogens is 290 g/mol. The summed E-state index contributed by atoms with van der Waals surface area (Å²) in [5.41, 5.74) is 1.34. The Morgan fingerprint density at radius 3 is 2.96 bits per heavy atom. The molecule has 1 N–H and O–H groups in total. The second-order valence-electron chi connectivity index (χ2n) is 6.57. The number of hydrogen-bond acceptors (Lipinski definition) is 4. The van der Waals surface area contributed by atoms with Crippen molar-refractivity contribution in [3.05, 3.63) is 35.9 Å². The molecule has 2 fully saturated rings. The fourth-order valence-corrected chi connectivity index (χ4v) is 3.41. The average Bonchev–Trinajstić information content (AvgIpc) is 3.04. The normalized spacial score (nSPS) is 25.4. The predicted molar refractivity (Wildman–Crippen MR) is 90.1 cm³/mol. The standard InChI is InChI=1S/C18H27N3O2/c1-20(18(22)11-17-12-19-8-10-23-17)16-7-9-21(14-16)13-15-5-3-2-4-6-15/h2-6,16-17,19H,7-14H2,1H3. The van der Waals surface area contributed by atoms with E-state index in [9.17, 15) is 4.79 Å². The Bertz CT molecular complexity index is 502. The van der Waals surface area contributed by atoms with Gasteiger partial charge in [0.2, 0.25) is 5.91 Å². The van der Waals surface area contributed by atoms with Crippen LogP contribution in [0.15, 0.2) is 30.3 Å². The van der Waals surface area contributed by atoms with Crippen LogP contribution in [0.25, 0.3) is 0 Å². The first-order valence-corrected chi connectivity index (χ1v) is 8.56. The molecule has 0 radical (unpaired) electrons. The van der Waals surface area contributed by atoms with Crippen LogP contribution in [0.2, 0.25) is 0 Å². The molecule has 5 heteroatoms. The van der Waals surface area contributed by atoms with Gasteiger partial charge in [-0.05, 0) is 12.0 Å². The molecule has 0 aliphatic carbocycles. The summed E-state index contributed by atoms with van der Waals surface area (Å²) in [4.78, 5) is 16.8. The molecule has 2 aliphatic rings. The van der Waals surface area contributed by atoms with Gasteiger partial charge in [-0.2, -0.15) is 0 Å². The number of nitrogens with one attached hydrogen (secondary N) is 1. The van der Waals surface area contributed by atoms with Crippen molar-refractivity contribution in [1.82, 2.24) is 15.1 Å². The molecule has 2 unspecified atom stereocenters. The highest BCUT2D eigenvalue weighted by Gasteiger charge is 2.29. The van der Waals surface area contributed by atoms with Crippen molar-refractivity contribution in [2.24, 2.45) is 0 Å². The maximum absolute atomic E-state index is 12.5. The highest BCUT2D eigenvalue weighted by atomic mass is 16.5. The third kappa shape index (κ3) is 4.53. The lowest BCUT2D eigenvalue weighted by Crippen LogP contribution is -2.44. The molecular formula is C18H27N3O2. The van der Waals surface area contributed by atoms with Crippen LogP contribution in [-0.4, -0.2) is 67.7 Å². The van der Waals surface area contributed by atoms with Crippen LogP contribution < -0.4 is 5.32 Å². The number of amides is 1. The molecule has 2 heterocycles. The molecule has 0 bridgehead atoms. The molecule has 5 nitrogen and oxygen atoms in total. The van der Waals surface area contributed by atoms with Gasteiger partial charge in [0.25, 0.3) is 0 Å². The smallest absolute Gasteiger partial charge is 0.225 e. The Labute approximate surface area is 138 Å². The minimum atomic E-state index is 0.0283. The summed E-state index contributed by atoms with van der Waals surface area (Å²) < 4.78 is 5.64. The molecule has 2 aliphatic heterocycles. The fraction of sp³-hybridized carbons (Fsp3) is 0.611. The van der Waals surface area contributed by atoms with Crippen molar-refractivity contribution >= 4 is 5.91 Å². The summed E-state index contributed by atoms with van der Waals surface area (Å²) in [6.45, 7) is 5.35. The summed E-state index contributed by atoms with van der Waals surface area (Å²) in [6.07, 6.45) is 1.57. The van der Waals surface area contributed by atoms with Crippen LogP contribution in [0.1, 0.15) is 18.4 Å². The Balaban J connectivity index is 1.46. The molecule has 1 aromatic rings. The van der Waals surface area contributed by atoms with E-state index in [1.165, 1.54) is 5.56 Å². The molecule has 0 saturated carbocycles. The van der Waals surface area contributed by atoms with Gasteiger partial charge in [-0.3, -0.25) is 9.69 Å². The van der Waals surface area contributed by atoms with Crippen molar-refractivity contribution in [2.75, 3.05) is 39.8 Å². The molecule has 2 saturated heterocycles. The van der Waals surface area contributed by atoms with Crippen LogP contribution >= 0.6 is 0 Å². The number of likely N-dealkylation sites (N-methyl/N-ethyl adjacent to an activating group) is 1. The number of rotatable bonds is 5. The second-order valence-corrected chi connectivity index (χ2v) is 6.57. The lowest BCUT2D eigenvalue weighted by molar-refractivity contribution is -0.135. The number of carbonyl (C=O) groups excluding carboxylic acids is 1. The van der Waals surface area contributed by atoms with Crippen molar-refractivity contribution < 1.29 is 9.53 Å². The fourth-order valence-electron chi connectivity index (χ4n) is 3.41. The number of hydrogen-bond donors (Lipinski definition) is 1. The van der Waals surface area contributed by atoms with Gasteiger partial charge in [0.05, 0.1) is 19.1 Å². The first-order chi connectivity index (χ1) is 11.2. The molecule has 2 atom stereocenters. The quantitative estimate of drug-likeness (QED) is 0.883. The molecule has 1 aromatic carbocycles. The van der Waals surface area contributed by atoms with Crippen LogP contribution in [-0.2, 0) is 16.1 Å². The Morgan fingerprint density at radius 2 is 2.22 bits per heavy atom. The molecule has 126 valence electrons. The SMILES string of the molecule is CN(C(=O)CC1CNCCO1)C1CCN(Cc2ccccc2)C1. The monoisotopic (exact) mass is 317 g/mol. The maximum Gasteiger partial charge on any atom is 0.225 e. The van der Waals surface area contributed by atoms with E-state index in [2.05, 4.69) is 34.5 Å². The zero-order valence-corrected chi connectivity index (χ0v) is 13.9. The molecule has 1 amide bonds. The number of ether oxygens (including phenoxy) is 1. The van der Waals surface area contributed by atoms with Crippen molar-refractivity contribution in [3.63, 3.8) is 0 Å². The summed E-state index contributed by atoms with van der Waals surface area (Å²) in [5, 5.41) is 3.28. The van der Waals surface area contributed by atoms with Crippen LogP contribution in [0, 0.1) is 0 Å². The second kappa shape index (κ2) is 7.90. The maximum atomic E-state index is 12.5. The van der Waals surface area contributed by atoms with E-state index in [4.69, 9.17) is 4.74 Å². The summed E-state index contributed by atoms with van der Waals surface area (Å²) in [5.74, 6) is 0.199. The summed E-state index contributed by atoms with van der Waals surface area (Å²) in [6, 6.07) is 10.9. The summed E-state index contributed by atoms with van der Waals surface area (Å²) >= 11 is 0. The largest absolute Gasteiger partial charge is 0.375 e. The predicted octanol–water partition coefficient (Wildman–Crippen LogP) is 1.10. The van der Waals surface area contributed by atoms with E-state index < -0.39 is 0 Å². The van der Waals surface area contributed by atoms with Crippen molar-refractivity contribution in [3.8, 4) is 0 Å². The van der Waals surface area contributed by atoms with Crippen molar-refractivity contribution in [2.45, 2.75) is 31.5 Å². The molecule has 0 spiro atoms. The van der Waals surface area contributed by atoms with Gasteiger partial charge in [-0.1, -0.05) is 30.3 Å². The van der Waals surface area contributed by atoms with E-state index in [1.54, 1.807) is 0 Å². The Kier molecular flexibility index (Phi) is 5.65. The van der Waals surface area contributed by atoms with Crippen LogP contribution in [0.5, 0.6) is 0 Å². The zero-order valence-electron chi connectivity index (χ0n) is 13.9. The van der Waals surface area contributed by atoms with Gasteiger partial charge >= 0.3 is 0 Å². The lowest BCUT2D eigenvalue weighted by atomic mass is 10.1. The Morgan fingerprint density at radius 1 is 1.39 bits per heavy atom. The van der Waals surface area contributed by atoms with E-state index >= 15 is 0 Å². The minimum Gasteiger partial charge on any atom is -0.375 e. The van der Waals surface area contributed by atoms with E-state index in [0.29, 0.717) is 19.1 Å². The highest BCUT2D eigenvalue weighted by molar-refractivity contribution is 5.76. The number of carbonyl (C=O) groups is 1. The zero-order chi connectivity index (χ0) is 16.1. The van der Waals surface area contributed by atoms with Crippen molar-refractivity contribution in [1.29, 1.82) is 0 Å². The van der Waals surface area contributed by atoms with Gasteiger partial charge in [-0.15, -0.1) is 0 Å². The minimum absolute atomic E-state index is 0.0283. The molecule has 3 rings (SSSR count). The molecule has 23 heavy (non-hydrogen) atoms. The number of likely N-dealkylation sites (tertiary alicyclic amines) is 1. The number of morpholine rings is 1.